The molecule has 4 rings (SSSR count). The molecule has 4 aromatic rings. The summed E-state index contributed by atoms with van der Waals surface area (Å²) < 4.78 is 42.7. The molecule has 34 heavy (non-hydrogen) atoms. The molecule has 1 aromatic heterocycles. The van der Waals surface area contributed by atoms with Crippen LogP contribution < -0.4 is 19.5 Å². The maximum atomic E-state index is 12.6. The Balaban J connectivity index is 1.69. The summed E-state index contributed by atoms with van der Waals surface area (Å²) in [4.78, 5) is 21.1. The molecule has 10 nitrogen and oxygen atoms in total. The highest BCUT2D eigenvalue weighted by Crippen LogP contribution is 2.31. The molecule has 0 saturated carbocycles. The molecule has 0 amide bonds. The summed E-state index contributed by atoms with van der Waals surface area (Å²) in [7, 11) is -1.56. The zero-order chi connectivity index (χ0) is 24.1. The molecule has 174 valence electrons. The monoisotopic (exact) mass is 480 g/mol. The Morgan fingerprint density at radius 2 is 1.35 bits per heavy atom. The Kier molecular flexibility index (Phi) is 6.46. The first-order chi connectivity index (χ1) is 16.4. The fourth-order valence-electron chi connectivity index (χ4n) is 3.04. The number of nitrogens with zero attached hydrogens (tertiary/aromatic N) is 2. The number of aromatic nitrogens is 2. The third kappa shape index (κ3) is 5.33. The van der Waals surface area contributed by atoms with E-state index in [0.717, 1.165) is 0 Å². The number of hydrogen-bond donors (Lipinski definition) is 2. The van der Waals surface area contributed by atoms with Crippen LogP contribution in [0, 0.1) is 0 Å². The van der Waals surface area contributed by atoms with Crippen molar-refractivity contribution in [2.24, 2.45) is 0 Å². The number of benzene rings is 3. The van der Waals surface area contributed by atoms with Crippen molar-refractivity contribution in [3.05, 3.63) is 78.4 Å². The molecule has 0 bridgehead atoms. The quantitative estimate of drug-likeness (QED) is 0.386. The maximum absolute atomic E-state index is 12.6. The number of fused-ring (bicyclic) bond motifs is 1. The highest BCUT2D eigenvalue weighted by Gasteiger charge is 2.22. The van der Waals surface area contributed by atoms with Crippen LogP contribution in [0.15, 0.2) is 72.8 Å². The van der Waals surface area contributed by atoms with E-state index >= 15 is 0 Å². The molecule has 3 aromatic carbocycles. The van der Waals surface area contributed by atoms with Gasteiger partial charge >= 0.3 is 16.3 Å². The van der Waals surface area contributed by atoms with Crippen LogP contribution in [0.5, 0.6) is 11.5 Å². The highest BCUT2D eigenvalue weighted by molar-refractivity contribution is 7.88. The Labute approximate surface area is 195 Å². The van der Waals surface area contributed by atoms with Crippen molar-refractivity contribution in [1.82, 2.24) is 9.97 Å². The number of hydrogen-bond acceptors (Lipinski definition) is 9. The average Bonchev–Trinajstić information content (AvgIpc) is 2.84. The molecule has 0 aliphatic carbocycles. The predicted molar refractivity (Wildman–Crippen MR) is 127 cm³/mol. The summed E-state index contributed by atoms with van der Waals surface area (Å²) in [5.74, 6) is -0.104. The number of ether oxygens (including phenoxy) is 2. The summed E-state index contributed by atoms with van der Waals surface area (Å²) in [6.45, 7) is 0. The van der Waals surface area contributed by atoms with E-state index in [0.29, 0.717) is 28.2 Å². The van der Waals surface area contributed by atoms with Crippen molar-refractivity contribution in [1.29, 1.82) is 0 Å². The summed E-state index contributed by atoms with van der Waals surface area (Å²) in [5.41, 5.74) is 1.54. The molecule has 0 atom stereocenters. The molecule has 0 unspecified atom stereocenters. The standard InChI is InChI=1S/C23H20N4O6S/c1-31-17-12-16(13-18(14-17)32-2)24-21-22(26-20-11-7-6-10-19(20)25-21)27-34(29,30)33-23(28)15-8-4-3-5-9-15/h3-14H,1-2H3,(H,24,25)(H,26,27). The Bertz CT molecular complexity index is 1420. The van der Waals surface area contributed by atoms with Crippen molar-refractivity contribution >= 4 is 44.6 Å². The lowest BCUT2D eigenvalue weighted by atomic mass is 10.2. The largest absolute Gasteiger partial charge is 0.497 e. The van der Waals surface area contributed by atoms with Crippen molar-refractivity contribution in [2.75, 3.05) is 24.3 Å². The lowest BCUT2D eigenvalue weighted by Gasteiger charge is -2.14. The van der Waals surface area contributed by atoms with E-state index in [1.807, 2.05) is 0 Å². The van der Waals surface area contributed by atoms with Crippen LogP contribution in [0.4, 0.5) is 17.3 Å². The molecule has 11 heteroatoms. The number of carbonyl (C=O) groups excluding carboxylic acids is 1. The fourth-order valence-corrected chi connectivity index (χ4v) is 3.75. The van der Waals surface area contributed by atoms with Crippen LogP contribution in [-0.2, 0) is 14.5 Å². The second-order valence-electron chi connectivity index (χ2n) is 6.93. The molecular weight excluding hydrogens is 460 g/mol. The van der Waals surface area contributed by atoms with Crippen molar-refractivity contribution < 1.29 is 26.9 Å². The average molecular weight is 481 g/mol. The first-order valence-electron chi connectivity index (χ1n) is 9.95. The molecule has 0 spiro atoms. The van der Waals surface area contributed by atoms with Gasteiger partial charge in [0.25, 0.3) is 0 Å². The van der Waals surface area contributed by atoms with Gasteiger partial charge in [-0.3, -0.25) is 0 Å². The van der Waals surface area contributed by atoms with Gasteiger partial charge in [-0.05, 0) is 24.3 Å². The highest BCUT2D eigenvalue weighted by atomic mass is 32.2. The fraction of sp³-hybridized carbons (Fsp3) is 0.0870. The minimum absolute atomic E-state index is 0.0772. The number of anilines is 3. The first kappa shape index (κ1) is 22.8. The van der Waals surface area contributed by atoms with Gasteiger partial charge in [0.15, 0.2) is 11.6 Å². The predicted octanol–water partition coefficient (Wildman–Crippen LogP) is 3.90. The molecule has 0 aliphatic heterocycles. The zero-order valence-electron chi connectivity index (χ0n) is 18.2. The minimum Gasteiger partial charge on any atom is -0.497 e. The Hall–Kier alpha value is -4.38. The third-order valence-electron chi connectivity index (χ3n) is 4.60. The van der Waals surface area contributed by atoms with Crippen LogP contribution in [0.2, 0.25) is 0 Å². The van der Waals surface area contributed by atoms with Crippen LogP contribution in [0.25, 0.3) is 11.0 Å². The first-order valence-corrected chi connectivity index (χ1v) is 11.4. The molecule has 2 N–H and O–H groups in total. The summed E-state index contributed by atoms with van der Waals surface area (Å²) in [6.07, 6.45) is 0. The topological polar surface area (TPSA) is 129 Å². The Morgan fingerprint density at radius 3 is 1.94 bits per heavy atom. The lowest BCUT2D eigenvalue weighted by Crippen LogP contribution is -2.22. The third-order valence-corrected chi connectivity index (χ3v) is 5.42. The SMILES string of the molecule is COc1cc(Nc2nc3ccccc3nc2NS(=O)(=O)OC(=O)c2ccccc2)cc(OC)c1. The molecule has 0 fully saturated rings. The van der Waals surface area contributed by atoms with E-state index in [1.54, 1.807) is 60.7 Å². The van der Waals surface area contributed by atoms with Crippen LogP contribution in [0.3, 0.4) is 0 Å². The molecular formula is C23H20N4O6S. The zero-order valence-corrected chi connectivity index (χ0v) is 19.0. The maximum Gasteiger partial charge on any atom is 0.411 e. The van der Waals surface area contributed by atoms with Gasteiger partial charge in [0, 0.05) is 23.9 Å². The number of carbonyl (C=O) groups is 1. The molecule has 0 saturated heterocycles. The molecule has 1 heterocycles. The van der Waals surface area contributed by atoms with E-state index in [4.69, 9.17) is 13.7 Å². The normalized spacial score (nSPS) is 11.0. The van der Waals surface area contributed by atoms with E-state index in [9.17, 15) is 13.2 Å². The van der Waals surface area contributed by atoms with E-state index in [2.05, 4.69) is 20.0 Å². The smallest absolute Gasteiger partial charge is 0.411 e. The van der Waals surface area contributed by atoms with Crippen molar-refractivity contribution in [3.8, 4) is 11.5 Å². The number of rotatable bonds is 8. The van der Waals surface area contributed by atoms with Crippen molar-refractivity contribution in [2.45, 2.75) is 0 Å². The van der Waals surface area contributed by atoms with Gasteiger partial charge in [-0.25, -0.2) is 19.5 Å². The molecule has 0 radical (unpaired) electrons. The number of methoxy groups -OCH3 is 2. The van der Waals surface area contributed by atoms with Crippen LogP contribution in [-0.4, -0.2) is 38.6 Å². The lowest BCUT2D eigenvalue weighted by molar-refractivity contribution is 0.0748. The van der Waals surface area contributed by atoms with Gasteiger partial charge in [0.05, 0.1) is 30.8 Å². The van der Waals surface area contributed by atoms with Crippen LogP contribution >= 0.6 is 0 Å². The number of nitrogens with one attached hydrogen (secondary N) is 2. The van der Waals surface area contributed by atoms with E-state index < -0.39 is 16.3 Å². The summed E-state index contributed by atoms with van der Waals surface area (Å²) >= 11 is 0. The minimum atomic E-state index is -4.58. The van der Waals surface area contributed by atoms with Gasteiger partial charge in [0.1, 0.15) is 11.5 Å². The van der Waals surface area contributed by atoms with Gasteiger partial charge in [-0.15, -0.1) is 0 Å². The summed E-state index contributed by atoms with van der Waals surface area (Å²) in [5, 5.41) is 3.02. The van der Waals surface area contributed by atoms with E-state index in [1.165, 1.54) is 26.4 Å². The molecule has 0 aliphatic rings. The van der Waals surface area contributed by atoms with Crippen molar-refractivity contribution in [3.63, 3.8) is 0 Å². The van der Waals surface area contributed by atoms with Gasteiger partial charge in [-0.1, -0.05) is 30.3 Å². The van der Waals surface area contributed by atoms with Gasteiger partial charge in [-0.2, -0.15) is 8.42 Å². The Morgan fingerprint density at radius 1 is 0.794 bits per heavy atom. The second-order valence-corrected chi connectivity index (χ2v) is 8.21. The number of para-hydroxylation sites is 2. The van der Waals surface area contributed by atoms with Gasteiger partial charge in [0.2, 0.25) is 0 Å². The van der Waals surface area contributed by atoms with Crippen LogP contribution in [0.1, 0.15) is 10.4 Å². The summed E-state index contributed by atoms with van der Waals surface area (Å²) in [6, 6.07) is 19.7. The van der Waals surface area contributed by atoms with Gasteiger partial charge < -0.3 is 19.0 Å². The van der Waals surface area contributed by atoms with E-state index in [-0.39, 0.29) is 17.2 Å². The second kappa shape index (κ2) is 9.63.